The average molecular weight is 392 g/mol. The number of allylic oxidation sites excluding steroid dienone is 2. The topological polar surface area (TPSA) is 39.4 Å². The summed E-state index contributed by atoms with van der Waals surface area (Å²) in [5.74, 6) is 1.36. The van der Waals surface area contributed by atoms with E-state index in [0.29, 0.717) is 17.9 Å². The lowest BCUT2D eigenvalue weighted by molar-refractivity contribution is 0.103. The molecule has 0 saturated carbocycles. The SMILES string of the molecule is O=C1C=CC2(Cc3cccc4cccc(c34)C2)c2cccc(OCc3ccco3)c21. The van der Waals surface area contributed by atoms with E-state index in [0.717, 1.165) is 24.2 Å². The maximum atomic E-state index is 12.9. The smallest absolute Gasteiger partial charge is 0.189 e. The van der Waals surface area contributed by atoms with Gasteiger partial charge in [0.15, 0.2) is 5.78 Å². The normalized spacial score (nSPS) is 16.1. The van der Waals surface area contributed by atoms with E-state index in [1.165, 1.54) is 21.9 Å². The van der Waals surface area contributed by atoms with Crippen molar-refractivity contribution in [3.8, 4) is 5.75 Å². The lowest BCUT2D eigenvalue weighted by Crippen LogP contribution is -2.36. The van der Waals surface area contributed by atoms with E-state index in [-0.39, 0.29) is 11.2 Å². The van der Waals surface area contributed by atoms with Crippen LogP contribution in [-0.4, -0.2) is 5.78 Å². The van der Waals surface area contributed by atoms with E-state index in [1.54, 1.807) is 12.3 Å². The highest BCUT2D eigenvalue weighted by Gasteiger charge is 2.40. The van der Waals surface area contributed by atoms with Gasteiger partial charge >= 0.3 is 0 Å². The molecule has 0 amide bonds. The Kier molecular flexibility index (Phi) is 3.72. The zero-order valence-corrected chi connectivity index (χ0v) is 16.4. The maximum Gasteiger partial charge on any atom is 0.189 e. The van der Waals surface area contributed by atoms with Crippen molar-refractivity contribution in [2.75, 3.05) is 0 Å². The highest BCUT2D eigenvalue weighted by molar-refractivity contribution is 6.09. The Morgan fingerprint density at radius 3 is 2.40 bits per heavy atom. The zero-order chi connectivity index (χ0) is 20.1. The van der Waals surface area contributed by atoms with Crippen LogP contribution in [0.25, 0.3) is 10.8 Å². The fraction of sp³-hybridized carbons (Fsp3) is 0.148. The maximum absolute atomic E-state index is 12.9. The Morgan fingerprint density at radius 1 is 0.900 bits per heavy atom. The molecule has 0 radical (unpaired) electrons. The van der Waals surface area contributed by atoms with Crippen LogP contribution < -0.4 is 4.74 Å². The van der Waals surface area contributed by atoms with Crippen LogP contribution in [0.4, 0.5) is 0 Å². The first-order chi connectivity index (χ1) is 14.7. The first-order valence-corrected chi connectivity index (χ1v) is 10.3. The van der Waals surface area contributed by atoms with Gasteiger partial charge in [-0.15, -0.1) is 0 Å². The summed E-state index contributed by atoms with van der Waals surface area (Å²) in [5.41, 5.74) is 4.16. The number of fused-ring (bicyclic) bond motifs is 2. The monoisotopic (exact) mass is 392 g/mol. The molecule has 0 N–H and O–H groups in total. The summed E-state index contributed by atoms with van der Waals surface area (Å²) in [7, 11) is 0. The molecule has 1 heterocycles. The van der Waals surface area contributed by atoms with Crippen LogP contribution in [0.5, 0.6) is 5.75 Å². The van der Waals surface area contributed by atoms with Crippen molar-refractivity contribution in [1.82, 2.24) is 0 Å². The van der Waals surface area contributed by atoms with Gasteiger partial charge in [0.25, 0.3) is 0 Å². The molecule has 1 aromatic heterocycles. The molecular weight excluding hydrogens is 372 g/mol. The number of furan rings is 1. The third kappa shape index (κ3) is 2.55. The number of carbonyl (C=O) groups excluding carboxylic acids is 1. The van der Waals surface area contributed by atoms with Crippen LogP contribution in [-0.2, 0) is 24.9 Å². The van der Waals surface area contributed by atoms with E-state index in [4.69, 9.17) is 9.15 Å². The lowest BCUT2D eigenvalue weighted by atomic mass is 9.63. The van der Waals surface area contributed by atoms with Gasteiger partial charge in [0.05, 0.1) is 11.8 Å². The van der Waals surface area contributed by atoms with Crippen molar-refractivity contribution >= 4 is 16.6 Å². The van der Waals surface area contributed by atoms with Crippen LogP contribution in [0.3, 0.4) is 0 Å². The second kappa shape index (κ2) is 6.46. The number of rotatable bonds is 3. The molecule has 0 aliphatic heterocycles. The summed E-state index contributed by atoms with van der Waals surface area (Å²) < 4.78 is 11.4. The van der Waals surface area contributed by atoms with Gasteiger partial charge in [-0.2, -0.15) is 0 Å². The molecule has 0 atom stereocenters. The number of hydrogen-bond donors (Lipinski definition) is 0. The molecule has 3 nitrogen and oxygen atoms in total. The van der Waals surface area contributed by atoms with Gasteiger partial charge in [-0.1, -0.05) is 54.6 Å². The van der Waals surface area contributed by atoms with E-state index in [1.807, 2.05) is 24.3 Å². The second-order valence-corrected chi connectivity index (χ2v) is 8.19. The largest absolute Gasteiger partial charge is 0.485 e. The van der Waals surface area contributed by atoms with Crippen LogP contribution in [0, 0.1) is 0 Å². The van der Waals surface area contributed by atoms with Crippen LogP contribution in [0.15, 0.2) is 89.6 Å². The minimum Gasteiger partial charge on any atom is -0.485 e. The number of ether oxygens (including phenoxy) is 1. The number of carbonyl (C=O) groups is 1. The molecular formula is C27H20O3. The molecule has 0 fully saturated rings. The van der Waals surface area contributed by atoms with E-state index in [2.05, 4.69) is 48.5 Å². The molecule has 0 saturated heterocycles. The number of hydrogen-bond acceptors (Lipinski definition) is 3. The Balaban J connectivity index is 1.46. The summed E-state index contributed by atoms with van der Waals surface area (Å²) >= 11 is 0. The zero-order valence-electron chi connectivity index (χ0n) is 16.4. The van der Waals surface area contributed by atoms with Crippen molar-refractivity contribution in [2.24, 2.45) is 0 Å². The highest BCUT2D eigenvalue weighted by Crippen LogP contribution is 2.46. The van der Waals surface area contributed by atoms with Crippen LogP contribution >= 0.6 is 0 Å². The average Bonchev–Trinajstić information content (AvgIpc) is 3.29. The summed E-state index contributed by atoms with van der Waals surface area (Å²) in [4.78, 5) is 12.9. The van der Waals surface area contributed by atoms with Gasteiger partial charge in [0.1, 0.15) is 18.1 Å². The third-order valence-corrected chi connectivity index (χ3v) is 6.40. The van der Waals surface area contributed by atoms with Gasteiger partial charge in [-0.05, 0) is 64.6 Å². The van der Waals surface area contributed by atoms with Gasteiger partial charge in [0.2, 0.25) is 0 Å². The fourth-order valence-electron chi connectivity index (χ4n) is 5.12. The molecule has 146 valence electrons. The summed E-state index contributed by atoms with van der Waals surface area (Å²) in [6, 6.07) is 22.7. The van der Waals surface area contributed by atoms with E-state index in [9.17, 15) is 4.79 Å². The number of ketones is 1. The first-order valence-electron chi connectivity index (χ1n) is 10.3. The third-order valence-electron chi connectivity index (χ3n) is 6.40. The highest BCUT2D eigenvalue weighted by atomic mass is 16.5. The molecule has 0 bridgehead atoms. The quantitative estimate of drug-likeness (QED) is 0.442. The van der Waals surface area contributed by atoms with Gasteiger partial charge in [-0.25, -0.2) is 0 Å². The standard InChI is InChI=1S/C27H20O3/c28-23-12-13-27(15-19-7-1-5-18-6-2-8-20(16-27)25(18)19)22-10-3-11-24(26(22)23)30-17-21-9-4-14-29-21/h1-14H,15-17H2. The Morgan fingerprint density at radius 2 is 1.67 bits per heavy atom. The molecule has 2 aliphatic rings. The Bertz CT molecular complexity index is 1270. The van der Waals surface area contributed by atoms with Crippen molar-refractivity contribution in [3.05, 3.63) is 113 Å². The van der Waals surface area contributed by atoms with Crippen LogP contribution in [0.2, 0.25) is 0 Å². The summed E-state index contributed by atoms with van der Waals surface area (Å²) in [6.07, 6.45) is 7.22. The fourth-order valence-corrected chi connectivity index (χ4v) is 5.12. The molecule has 0 unspecified atom stereocenters. The van der Waals surface area contributed by atoms with Crippen molar-refractivity contribution in [3.63, 3.8) is 0 Å². The second-order valence-electron chi connectivity index (χ2n) is 8.19. The lowest BCUT2D eigenvalue weighted by Gasteiger charge is -2.39. The van der Waals surface area contributed by atoms with Crippen molar-refractivity contribution in [2.45, 2.75) is 24.9 Å². The van der Waals surface area contributed by atoms with Gasteiger partial charge in [-0.3, -0.25) is 4.79 Å². The van der Waals surface area contributed by atoms with E-state index >= 15 is 0 Å². The van der Waals surface area contributed by atoms with Crippen molar-refractivity contribution < 1.29 is 13.9 Å². The van der Waals surface area contributed by atoms with E-state index < -0.39 is 0 Å². The van der Waals surface area contributed by atoms with Gasteiger partial charge < -0.3 is 9.15 Å². The Hall–Kier alpha value is -3.59. The molecule has 30 heavy (non-hydrogen) atoms. The molecule has 3 heteroatoms. The molecule has 3 aromatic carbocycles. The summed E-state index contributed by atoms with van der Waals surface area (Å²) in [6.45, 7) is 0.301. The molecule has 1 spiro atoms. The van der Waals surface area contributed by atoms with Crippen molar-refractivity contribution in [1.29, 1.82) is 0 Å². The minimum atomic E-state index is -0.240. The Labute approximate surface area is 174 Å². The first kappa shape index (κ1) is 17.3. The predicted octanol–water partition coefficient (Wildman–Crippen LogP) is 5.80. The van der Waals surface area contributed by atoms with Gasteiger partial charge in [0, 0.05) is 5.41 Å². The molecule has 6 rings (SSSR count). The summed E-state index contributed by atoms with van der Waals surface area (Å²) in [5, 5.41) is 2.65. The number of benzene rings is 3. The predicted molar refractivity (Wildman–Crippen MR) is 116 cm³/mol. The molecule has 4 aromatic rings. The molecule has 2 aliphatic carbocycles. The van der Waals surface area contributed by atoms with Crippen LogP contribution in [0.1, 0.15) is 32.8 Å². The minimum absolute atomic E-state index is 0.00253.